The first-order valence-corrected chi connectivity index (χ1v) is 5.23. The molecule has 18 heavy (non-hydrogen) atoms. The summed E-state index contributed by atoms with van der Waals surface area (Å²) in [5.74, 6) is -1.32. The number of benzene rings is 1. The van der Waals surface area contributed by atoms with Crippen LogP contribution in [-0.4, -0.2) is 9.97 Å². The number of rotatable bonds is 1. The highest BCUT2D eigenvalue weighted by molar-refractivity contribution is 5.57. The van der Waals surface area contributed by atoms with Gasteiger partial charge in [0.15, 0.2) is 5.82 Å². The van der Waals surface area contributed by atoms with Crippen LogP contribution in [0, 0.1) is 36.8 Å². The molecule has 1 aromatic heterocycles. The number of halogens is 2. The topological polar surface area (TPSA) is 49.6 Å². The van der Waals surface area contributed by atoms with E-state index in [4.69, 9.17) is 5.26 Å². The molecule has 0 aliphatic carbocycles. The third kappa shape index (κ3) is 2.05. The minimum Gasteiger partial charge on any atom is -0.233 e. The molecule has 0 saturated heterocycles. The van der Waals surface area contributed by atoms with Gasteiger partial charge >= 0.3 is 0 Å². The summed E-state index contributed by atoms with van der Waals surface area (Å²) >= 11 is 0. The second kappa shape index (κ2) is 4.49. The second-order valence-electron chi connectivity index (χ2n) is 3.84. The molecule has 0 saturated carbocycles. The summed E-state index contributed by atoms with van der Waals surface area (Å²) in [6, 6.07) is 5.08. The number of aryl methyl sites for hydroxylation is 1. The molecule has 0 atom stereocenters. The van der Waals surface area contributed by atoms with Gasteiger partial charge in [0.1, 0.15) is 23.4 Å². The van der Waals surface area contributed by atoms with E-state index < -0.39 is 11.6 Å². The molecule has 0 spiro atoms. The van der Waals surface area contributed by atoms with Gasteiger partial charge < -0.3 is 0 Å². The molecule has 0 radical (unpaired) electrons. The van der Waals surface area contributed by atoms with E-state index in [1.807, 2.05) is 6.07 Å². The molecule has 0 N–H and O–H groups in total. The zero-order chi connectivity index (χ0) is 13.3. The minimum atomic E-state index is -0.748. The molecule has 1 heterocycles. The first-order chi connectivity index (χ1) is 8.52. The molecule has 0 aliphatic rings. The molecular formula is C13H9F2N3. The van der Waals surface area contributed by atoms with Crippen molar-refractivity contribution < 1.29 is 8.78 Å². The van der Waals surface area contributed by atoms with E-state index in [2.05, 4.69) is 9.97 Å². The van der Waals surface area contributed by atoms with Crippen LogP contribution in [0.1, 0.15) is 17.0 Å². The summed E-state index contributed by atoms with van der Waals surface area (Å²) in [5.41, 5.74) is 1.53. The average Bonchev–Trinajstić information content (AvgIpc) is 2.32. The van der Waals surface area contributed by atoms with Gasteiger partial charge in [0.2, 0.25) is 0 Å². The van der Waals surface area contributed by atoms with Gasteiger partial charge in [-0.15, -0.1) is 0 Å². The number of nitrogens with zero attached hydrogens (tertiary/aromatic N) is 3. The van der Waals surface area contributed by atoms with Crippen molar-refractivity contribution in [2.45, 2.75) is 13.8 Å². The van der Waals surface area contributed by atoms with Crippen molar-refractivity contribution in [3.8, 4) is 17.5 Å². The minimum absolute atomic E-state index is 0.0796. The maximum Gasteiger partial charge on any atom is 0.163 e. The summed E-state index contributed by atoms with van der Waals surface area (Å²) in [7, 11) is 0. The highest BCUT2D eigenvalue weighted by atomic mass is 19.1. The molecule has 90 valence electrons. The highest BCUT2D eigenvalue weighted by Crippen LogP contribution is 2.22. The van der Waals surface area contributed by atoms with E-state index >= 15 is 0 Å². The SMILES string of the molecule is Cc1nc(-c2ccc(F)cc2F)nc(C#N)c1C. The first kappa shape index (κ1) is 12.1. The Bertz CT molecular complexity index is 660. The molecule has 1 aromatic carbocycles. The Morgan fingerprint density at radius 1 is 1.17 bits per heavy atom. The predicted octanol–water partition coefficient (Wildman–Crippen LogP) is 2.91. The van der Waals surface area contributed by atoms with Gasteiger partial charge in [-0.05, 0) is 26.0 Å². The third-order valence-corrected chi connectivity index (χ3v) is 2.67. The molecule has 5 heteroatoms. The molecule has 3 nitrogen and oxygen atoms in total. The lowest BCUT2D eigenvalue weighted by molar-refractivity contribution is 0.585. The Kier molecular flexibility index (Phi) is 3.02. The van der Waals surface area contributed by atoms with Crippen LogP contribution in [0.25, 0.3) is 11.4 Å². The molecular weight excluding hydrogens is 236 g/mol. The monoisotopic (exact) mass is 245 g/mol. The van der Waals surface area contributed by atoms with Crippen LogP contribution in [0.3, 0.4) is 0 Å². The van der Waals surface area contributed by atoms with Gasteiger partial charge in [-0.3, -0.25) is 0 Å². The highest BCUT2D eigenvalue weighted by Gasteiger charge is 2.13. The molecule has 2 rings (SSSR count). The maximum absolute atomic E-state index is 13.6. The average molecular weight is 245 g/mol. The summed E-state index contributed by atoms with van der Waals surface area (Å²) in [4.78, 5) is 8.10. The van der Waals surface area contributed by atoms with Crippen LogP contribution in [0.4, 0.5) is 8.78 Å². The maximum atomic E-state index is 13.6. The van der Waals surface area contributed by atoms with E-state index in [-0.39, 0.29) is 17.1 Å². The fraction of sp³-hybridized carbons (Fsp3) is 0.154. The second-order valence-corrected chi connectivity index (χ2v) is 3.84. The van der Waals surface area contributed by atoms with Crippen LogP contribution in [-0.2, 0) is 0 Å². The molecule has 0 bridgehead atoms. The van der Waals surface area contributed by atoms with Crippen molar-refractivity contribution in [1.82, 2.24) is 9.97 Å². The Hall–Kier alpha value is -2.35. The van der Waals surface area contributed by atoms with Gasteiger partial charge in [0.25, 0.3) is 0 Å². The molecule has 0 unspecified atom stereocenters. The van der Waals surface area contributed by atoms with Gasteiger partial charge in [0, 0.05) is 17.3 Å². The van der Waals surface area contributed by atoms with Crippen molar-refractivity contribution >= 4 is 0 Å². The molecule has 0 fully saturated rings. The standard InChI is InChI=1S/C13H9F2N3/c1-7-8(2)17-13(18-12(7)6-16)10-4-3-9(14)5-11(10)15/h3-5H,1-2H3. The van der Waals surface area contributed by atoms with Crippen molar-refractivity contribution in [2.24, 2.45) is 0 Å². The van der Waals surface area contributed by atoms with Crippen LogP contribution >= 0.6 is 0 Å². The molecule has 0 amide bonds. The smallest absolute Gasteiger partial charge is 0.163 e. The van der Waals surface area contributed by atoms with Crippen molar-refractivity contribution in [2.75, 3.05) is 0 Å². The van der Waals surface area contributed by atoms with Crippen LogP contribution in [0.2, 0.25) is 0 Å². The Morgan fingerprint density at radius 3 is 2.50 bits per heavy atom. The lowest BCUT2D eigenvalue weighted by atomic mass is 10.1. The van der Waals surface area contributed by atoms with Gasteiger partial charge in [-0.1, -0.05) is 0 Å². The van der Waals surface area contributed by atoms with E-state index in [0.29, 0.717) is 11.3 Å². The fourth-order valence-electron chi connectivity index (χ4n) is 1.53. The van der Waals surface area contributed by atoms with Crippen molar-refractivity contribution in [1.29, 1.82) is 5.26 Å². The summed E-state index contributed by atoms with van der Waals surface area (Å²) in [6.45, 7) is 3.43. The van der Waals surface area contributed by atoms with Gasteiger partial charge in [-0.25, -0.2) is 18.7 Å². The zero-order valence-electron chi connectivity index (χ0n) is 9.83. The third-order valence-electron chi connectivity index (χ3n) is 2.67. The number of hydrogen-bond donors (Lipinski definition) is 0. The number of nitriles is 1. The molecule has 2 aromatic rings. The van der Waals surface area contributed by atoms with E-state index in [1.165, 1.54) is 6.07 Å². The number of hydrogen-bond acceptors (Lipinski definition) is 3. The Labute approximate surface area is 103 Å². The lowest BCUT2D eigenvalue weighted by Gasteiger charge is -2.06. The van der Waals surface area contributed by atoms with Crippen molar-refractivity contribution in [3.05, 3.63) is 46.8 Å². The Morgan fingerprint density at radius 2 is 1.89 bits per heavy atom. The van der Waals surface area contributed by atoms with Crippen LogP contribution in [0.5, 0.6) is 0 Å². The predicted molar refractivity (Wildman–Crippen MR) is 61.6 cm³/mol. The summed E-state index contributed by atoms with van der Waals surface area (Å²) in [6.07, 6.45) is 0. The lowest BCUT2D eigenvalue weighted by Crippen LogP contribution is -2.01. The Balaban J connectivity index is 2.65. The molecule has 0 aliphatic heterocycles. The summed E-state index contributed by atoms with van der Waals surface area (Å²) < 4.78 is 26.4. The fourth-order valence-corrected chi connectivity index (χ4v) is 1.53. The van der Waals surface area contributed by atoms with Crippen molar-refractivity contribution in [3.63, 3.8) is 0 Å². The number of aromatic nitrogens is 2. The van der Waals surface area contributed by atoms with E-state index in [0.717, 1.165) is 12.1 Å². The van der Waals surface area contributed by atoms with E-state index in [9.17, 15) is 8.78 Å². The van der Waals surface area contributed by atoms with Gasteiger partial charge in [0.05, 0.1) is 5.56 Å². The summed E-state index contributed by atoms with van der Waals surface area (Å²) in [5, 5.41) is 8.93. The normalized spacial score (nSPS) is 10.2. The largest absolute Gasteiger partial charge is 0.233 e. The first-order valence-electron chi connectivity index (χ1n) is 5.23. The quantitative estimate of drug-likeness (QED) is 0.776. The zero-order valence-corrected chi connectivity index (χ0v) is 9.83. The van der Waals surface area contributed by atoms with Crippen LogP contribution < -0.4 is 0 Å². The van der Waals surface area contributed by atoms with E-state index in [1.54, 1.807) is 13.8 Å². The van der Waals surface area contributed by atoms with Gasteiger partial charge in [-0.2, -0.15) is 5.26 Å². The van der Waals surface area contributed by atoms with Crippen LogP contribution in [0.15, 0.2) is 18.2 Å².